The van der Waals surface area contributed by atoms with Crippen molar-refractivity contribution < 1.29 is 4.74 Å². The smallest absolute Gasteiger partial charge is 0.0918 e. The van der Waals surface area contributed by atoms with Crippen LogP contribution in [0.1, 0.15) is 37.8 Å². The second kappa shape index (κ2) is 5.19. The number of ether oxygens (including phenoxy) is 1. The summed E-state index contributed by atoms with van der Waals surface area (Å²) in [6.45, 7) is 5.24. The fraction of sp³-hybridized carbons (Fsp3) is 0.600. The lowest BCUT2D eigenvalue weighted by Gasteiger charge is -2.38. The van der Waals surface area contributed by atoms with E-state index in [9.17, 15) is 0 Å². The summed E-state index contributed by atoms with van der Waals surface area (Å²) < 4.78 is 6.02. The molecule has 2 heteroatoms. The highest BCUT2D eigenvalue weighted by Crippen LogP contribution is 2.34. The van der Waals surface area contributed by atoms with Crippen LogP contribution in [0.3, 0.4) is 0 Å². The number of hydrogen-bond donors (Lipinski definition) is 1. The molecule has 1 saturated heterocycles. The van der Waals surface area contributed by atoms with Crippen molar-refractivity contribution in [3.05, 3.63) is 35.4 Å². The maximum atomic E-state index is 6.02. The van der Waals surface area contributed by atoms with Crippen molar-refractivity contribution in [1.29, 1.82) is 0 Å². The van der Waals surface area contributed by atoms with Crippen molar-refractivity contribution in [1.82, 2.24) is 5.32 Å². The van der Waals surface area contributed by atoms with E-state index in [2.05, 4.69) is 43.4 Å². The number of benzene rings is 1. The SMILES string of the molecule is CCc1ccc(C2(C)CC(NC)CCO2)cc1. The molecule has 1 aliphatic rings. The Hall–Kier alpha value is -0.860. The molecular weight excluding hydrogens is 210 g/mol. The number of rotatable bonds is 3. The predicted octanol–water partition coefficient (Wildman–Crippen LogP) is 2.86. The Morgan fingerprint density at radius 3 is 2.65 bits per heavy atom. The molecule has 0 radical (unpaired) electrons. The van der Waals surface area contributed by atoms with Crippen LogP contribution in [0.2, 0.25) is 0 Å². The summed E-state index contributed by atoms with van der Waals surface area (Å²) in [6.07, 6.45) is 3.26. The third-order valence-electron chi connectivity index (χ3n) is 3.90. The van der Waals surface area contributed by atoms with Crippen molar-refractivity contribution in [3.8, 4) is 0 Å². The predicted molar refractivity (Wildman–Crippen MR) is 71.2 cm³/mol. The first kappa shape index (κ1) is 12.6. The molecule has 94 valence electrons. The Kier molecular flexibility index (Phi) is 3.85. The molecular formula is C15H23NO. The standard InChI is InChI=1S/C15H23NO/c1-4-12-5-7-13(8-6-12)15(2)11-14(16-3)9-10-17-15/h5-8,14,16H,4,9-11H2,1-3H3. The summed E-state index contributed by atoms with van der Waals surface area (Å²) in [5, 5.41) is 3.37. The topological polar surface area (TPSA) is 21.3 Å². The quantitative estimate of drug-likeness (QED) is 0.867. The van der Waals surface area contributed by atoms with Crippen molar-refractivity contribution in [2.45, 2.75) is 44.8 Å². The van der Waals surface area contributed by atoms with Crippen LogP contribution in [-0.4, -0.2) is 19.7 Å². The van der Waals surface area contributed by atoms with Crippen LogP contribution >= 0.6 is 0 Å². The van der Waals surface area contributed by atoms with E-state index in [4.69, 9.17) is 4.74 Å². The maximum absolute atomic E-state index is 6.02. The summed E-state index contributed by atoms with van der Waals surface area (Å²) in [7, 11) is 2.04. The van der Waals surface area contributed by atoms with E-state index in [1.54, 1.807) is 0 Å². The molecule has 17 heavy (non-hydrogen) atoms. The molecule has 0 saturated carbocycles. The van der Waals surface area contributed by atoms with Gasteiger partial charge in [0.2, 0.25) is 0 Å². The first-order valence-corrected chi connectivity index (χ1v) is 6.58. The Morgan fingerprint density at radius 2 is 2.06 bits per heavy atom. The average molecular weight is 233 g/mol. The number of nitrogens with one attached hydrogen (secondary N) is 1. The van der Waals surface area contributed by atoms with Crippen molar-refractivity contribution >= 4 is 0 Å². The summed E-state index contributed by atoms with van der Waals surface area (Å²) in [4.78, 5) is 0. The van der Waals surface area contributed by atoms with E-state index in [1.807, 2.05) is 7.05 Å². The first-order valence-electron chi connectivity index (χ1n) is 6.58. The molecule has 0 aliphatic carbocycles. The van der Waals surface area contributed by atoms with E-state index < -0.39 is 0 Å². The summed E-state index contributed by atoms with van der Waals surface area (Å²) in [5.74, 6) is 0. The van der Waals surface area contributed by atoms with Gasteiger partial charge in [0.25, 0.3) is 0 Å². The van der Waals surface area contributed by atoms with Crippen LogP contribution in [0.25, 0.3) is 0 Å². The monoisotopic (exact) mass is 233 g/mol. The third-order valence-corrected chi connectivity index (χ3v) is 3.90. The van der Waals surface area contributed by atoms with Gasteiger partial charge in [0.1, 0.15) is 0 Å². The van der Waals surface area contributed by atoms with Gasteiger partial charge in [-0.15, -0.1) is 0 Å². The zero-order chi connectivity index (χ0) is 12.3. The molecule has 2 unspecified atom stereocenters. The first-order chi connectivity index (χ1) is 8.18. The molecule has 2 rings (SSSR count). The maximum Gasteiger partial charge on any atom is 0.0918 e. The van der Waals surface area contributed by atoms with Gasteiger partial charge in [0.15, 0.2) is 0 Å². The lowest BCUT2D eigenvalue weighted by Crippen LogP contribution is -2.42. The van der Waals surface area contributed by atoms with Crippen LogP contribution in [0.5, 0.6) is 0 Å². The fourth-order valence-corrected chi connectivity index (χ4v) is 2.60. The second-order valence-electron chi connectivity index (χ2n) is 5.11. The third kappa shape index (κ3) is 2.70. The molecule has 0 amide bonds. The van der Waals surface area contributed by atoms with Gasteiger partial charge in [0, 0.05) is 12.6 Å². The van der Waals surface area contributed by atoms with Crippen molar-refractivity contribution in [2.24, 2.45) is 0 Å². The minimum atomic E-state index is -0.127. The van der Waals surface area contributed by atoms with Gasteiger partial charge in [-0.2, -0.15) is 0 Å². The van der Waals surface area contributed by atoms with Gasteiger partial charge >= 0.3 is 0 Å². The molecule has 2 atom stereocenters. The van der Waals surface area contributed by atoms with Gasteiger partial charge in [-0.05, 0) is 44.4 Å². The highest BCUT2D eigenvalue weighted by molar-refractivity contribution is 5.27. The van der Waals surface area contributed by atoms with E-state index in [1.165, 1.54) is 11.1 Å². The van der Waals surface area contributed by atoms with E-state index in [-0.39, 0.29) is 5.60 Å². The largest absolute Gasteiger partial charge is 0.370 e. The van der Waals surface area contributed by atoms with E-state index >= 15 is 0 Å². The van der Waals surface area contributed by atoms with Crippen LogP contribution < -0.4 is 5.32 Å². The van der Waals surface area contributed by atoms with Crippen molar-refractivity contribution in [2.75, 3.05) is 13.7 Å². The molecule has 0 spiro atoms. The molecule has 2 nitrogen and oxygen atoms in total. The van der Waals surface area contributed by atoms with Crippen LogP contribution in [0.15, 0.2) is 24.3 Å². The fourth-order valence-electron chi connectivity index (χ4n) is 2.60. The van der Waals surface area contributed by atoms with E-state index in [0.717, 1.165) is 25.9 Å². The number of aryl methyl sites for hydroxylation is 1. The molecule has 1 N–H and O–H groups in total. The van der Waals surface area contributed by atoms with Gasteiger partial charge in [-0.25, -0.2) is 0 Å². The summed E-state index contributed by atoms with van der Waals surface area (Å²) in [6, 6.07) is 9.44. The van der Waals surface area contributed by atoms with Crippen LogP contribution in [0, 0.1) is 0 Å². The molecule has 0 aromatic heterocycles. The minimum absolute atomic E-state index is 0.127. The Balaban J connectivity index is 2.18. The Bertz CT molecular complexity index is 360. The second-order valence-corrected chi connectivity index (χ2v) is 5.11. The summed E-state index contributed by atoms with van der Waals surface area (Å²) >= 11 is 0. The molecule has 1 aliphatic heterocycles. The highest BCUT2D eigenvalue weighted by Gasteiger charge is 2.34. The van der Waals surface area contributed by atoms with Gasteiger partial charge < -0.3 is 10.1 Å². The van der Waals surface area contributed by atoms with Gasteiger partial charge in [0.05, 0.1) is 5.60 Å². The van der Waals surface area contributed by atoms with Crippen LogP contribution in [-0.2, 0) is 16.8 Å². The normalized spacial score (nSPS) is 29.2. The lowest BCUT2D eigenvalue weighted by atomic mass is 9.85. The summed E-state index contributed by atoms with van der Waals surface area (Å²) in [5.41, 5.74) is 2.56. The molecule has 1 aromatic carbocycles. The number of hydrogen-bond acceptors (Lipinski definition) is 2. The van der Waals surface area contributed by atoms with Gasteiger partial charge in [-0.1, -0.05) is 31.2 Å². The van der Waals surface area contributed by atoms with Crippen LogP contribution in [0.4, 0.5) is 0 Å². The average Bonchev–Trinajstić information content (AvgIpc) is 2.39. The Morgan fingerprint density at radius 1 is 1.35 bits per heavy atom. The minimum Gasteiger partial charge on any atom is -0.370 e. The zero-order valence-electron chi connectivity index (χ0n) is 11.1. The lowest BCUT2D eigenvalue weighted by molar-refractivity contribution is -0.0804. The molecule has 0 bridgehead atoms. The Labute approximate surface area is 104 Å². The zero-order valence-corrected chi connectivity index (χ0v) is 11.1. The molecule has 1 heterocycles. The molecule has 1 aromatic rings. The van der Waals surface area contributed by atoms with Crippen molar-refractivity contribution in [3.63, 3.8) is 0 Å². The molecule has 1 fully saturated rings. The highest BCUT2D eigenvalue weighted by atomic mass is 16.5. The van der Waals surface area contributed by atoms with E-state index in [0.29, 0.717) is 6.04 Å². The van der Waals surface area contributed by atoms with Gasteiger partial charge in [-0.3, -0.25) is 0 Å².